The second kappa shape index (κ2) is 10.1. The van der Waals surface area contributed by atoms with Gasteiger partial charge in [-0.2, -0.15) is 0 Å². The number of anilines is 1. The highest BCUT2D eigenvalue weighted by Crippen LogP contribution is 2.28. The Bertz CT molecular complexity index is 1310. The molecule has 0 fully saturated rings. The molecule has 0 spiro atoms. The Hall–Kier alpha value is -2.29. The summed E-state index contributed by atoms with van der Waals surface area (Å²) in [7, 11) is -4.09. The number of esters is 1. The van der Waals surface area contributed by atoms with E-state index >= 15 is 0 Å². The monoisotopic (exact) mass is 531 g/mol. The van der Waals surface area contributed by atoms with E-state index in [4.69, 9.17) is 51.1 Å². The SMILES string of the molecule is O=C(OCC(=O)c1cc(Cl)ccc1Cl)c1cccc(S(=O)(=O)Nc2cc(Cl)ccc2Cl)c1. The number of sulfonamides is 1. The molecule has 3 aromatic rings. The van der Waals surface area contributed by atoms with Gasteiger partial charge in [0.1, 0.15) is 0 Å². The van der Waals surface area contributed by atoms with Crippen LogP contribution in [0.4, 0.5) is 5.69 Å². The Morgan fingerprint density at radius 2 is 1.50 bits per heavy atom. The van der Waals surface area contributed by atoms with E-state index in [1.807, 2.05) is 0 Å². The molecule has 0 atom stereocenters. The summed E-state index contributed by atoms with van der Waals surface area (Å²) in [6.45, 7) is -0.605. The van der Waals surface area contributed by atoms with Gasteiger partial charge >= 0.3 is 5.97 Å². The minimum absolute atomic E-state index is 0.0740. The number of benzene rings is 3. The van der Waals surface area contributed by atoms with E-state index < -0.39 is 28.4 Å². The first-order valence-electron chi connectivity index (χ1n) is 8.80. The first-order chi connectivity index (χ1) is 15.1. The van der Waals surface area contributed by atoms with Crippen molar-refractivity contribution in [3.8, 4) is 0 Å². The van der Waals surface area contributed by atoms with E-state index in [1.165, 1.54) is 54.6 Å². The number of ketones is 1. The van der Waals surface area contributed by atoms with Crippen LogP contribution in [0.5, 0.6) is 0 Å². The van der Waals surface area contributed by atoms with Gasteiger partial charge in [-0.1, -0.05) is 52.5 Å². The summed E-state index contributed by atoms with van der Waals surface area (Å²) in [5.41, 5.74) is 0.108. The van der Waals surface area contributed by atoms with Gasteiger partial charge in [-0.15, -0.1) is 0 Å². The number of nitrogens with one attached hydrogen (secondary N) is 1. The number of ether oxygens (including phenoxy) is 1. The van der Waals surface area contributed by atoms with Crippen molar-refractivity contribution in [3.05, 3.63) is 91.9 Å². The van der Waals surface area contributed by atoms with Crippen molar-refractivity contribution in [3.63, 3.8) is 0 Å². The number of halogens is 4. The van der Waals surface area contributed by atoms with Crippen LogP contribution in [0.25, 0.3) is 0 Å². The molecule has 0 aliphatic rings. The number of hydrogen-bond acceptors (Lipinski definition) is 5. The van der Waals surface area contributed by atoms with Gasteiger partial charge < -0.3 is 4.74 Å². The van der Waals surface area contributed by atoms with E-state index in [9.17, 15) is 18.0 Å². The molecule has 3 aromatic carbocycles. The van der Waals surface area contributed by atoms with Gasteiger partial charge in [0.25, 0.3) is 10.0 Å². The van der Waals surface area contributed by atoms with Crippen molar-refractivity contribution < 1.29 is 22.7 Å². The molecule has 6 nitrogen and oxygen atoms in total. The van der Waals surface area contributed by atoms with Crippen molar-refractivity contribution in [2.45, 2.75) is 4.90 Å². The van der Waals surface area contributed by atoms with Crippen molar-refractivity contribution >= 4 is 73.9 Å². The van der Waals surface area contributed by atoms with E-state index in [0.717, 1.165) is 6.07 Å². The van der Waals surface area contributed by atoms with Gasteiger partial charge in [0.05, 0.1) is 26.2 Å². The standard InChI is InChI=1S/C21H13Cl4NO5S/c22-13-4-6-17(24)16(9-13)20(27)11-31-21(28)12-2-1-3-15(8-12)32(29,30)26-19-10-14(23)5-7-18(19)25/h1-10,26H,11H2. The molecule has 0 aliphatic carbocycles. The fourth-order valence-electron chi connectivity index (χ4n) is 2.57. The van der Waals surface area contributed by atoms with Crippen LogP contribution in [-0.2, 0) is 14.8 Å². The minimum atomic E-state index is -4.09. The second-order valence-electron chi connectivity index (χ2n) is 6.38. The Morgan fingerprint density at radius 3 is 2.22 bits per heavy atom. The summed E-state index contributed by atoms with van der Waals surface area (Å²) < 4.78 is 32.8. The van der Waals surface area contributed by atoms with Gasteiger partial charge in [0, 0.05) is 15.6 Å². The highest BCUT2D eigenvalue weighted by molar-refractivity contribution is 7.92. The molecule has 1 N–H and O–H groups in total. The zero-order valence-corrected chi connectivity index (χ0v) is 19.8. The molecule has 32 heavy (non-hydrogen) atoms. The number of carbonyl (C=O) groups excluding carboxylic acids is 2. The lowest BCUT2D eigenvalue weighted by atomic mass is 10.1. The van der Waals surface area contributed by atoms with Crippen LogP contribution in [0.15, 0.2) is 65.6 Å². The molecule has 0 aromatic heterocycles. The largest absolute Gasteiger partial charge is 0.454 e. The molecule has 0 heterocycles. The topological polar surface area (TPSA) is 89.5 Å². The summed E-state index contributed by atoms with van der Waals surface area (Å²) in [6.07, 6.45) is 0. The highest BCUT2D eigenvalue weighted by Gasteiger charge is 2.20. The molecular formula is C21H13Cl4NO5S. The zero-order valence-electron chi connectivity index (χ0n) is 15.9. The van der Waals surface area contributed by atoms with Crippen LogP contribution in [0.3, 0.4) is 0 Å². The number of rotatable bonds is 7. The quantitative estimate of drug-likeness (QED) is 0.291. The van der Waals surface area contributed by atoms with E-state index in [-0.39, 0.29) is 36.8 Å². The lowest BCUT2D eigenvalue weighted by molar-refractivity contribution is 0.0474. The third-order valence-corrected chi connectivity index (χ3v) is 6.61. The van der Waals surface area contributed by atoms with E-state index in [2.05, 4.69) is 4.72 Å². The Morgan fingerprint density at radius 1 is 0.844 bits per heavy atom. The Kier molecular flexibility index (Phi) is 7.69. The predicted molar refractivity (Wildman–Crippen MR) is 125 cm³/mol. The smallest absolute Gasteiger partial charge is 0.338 e. The van der Waals surface area contributed by atoms with Crippen LogP contribution in [0.1, 0.15) is 20.7 Å². The van der Waals surface area contributed by atoms with Gasteiger partial charge in [-0.3, -0.25) is 9.52 Å². The van der Waals surface area contributed by atoms with E-state index in [1.54, 1.807) is 0 Å². The van der Waals surface area contributed by atoms with Crippen molar-refractivity contribution in [2.24, 2.45) is 0 Å². The second-order valence-corrected chi connectivity index (χ2v) is 9.75. The maximum Gasteiger partial charge on any atom is 0.338 e. The molecule has 11 heteroatoms. The van der Waals surface area contributed by atoms with Gasteiger partial charge in [-0.25, -0.2) is 13.2 Å². The maximum absolute atomic E-state index is 12.7. The fraction of sp³-hybridized carbons (Fsp3) is 0.0476. The number of Topliss-reactive ketones (excluding diaryl/α,β-unsaturated/α-hetero) is 1. The van der Waals surface area contributed by atoms with E-state index in [0.29, 0.717) is 5.02 Å². The summed E-state index contributed by atoms with van der Waals surface area (Å²) in [5.74, 6) is -1.46. The summed E-state index contributed by atoms with van der Waals surface area (Å²) in [5, 5.41) is 0.893. The lowest BCUT2D eigenvalue weighted by Crippen LogP contribution is -2.16. The Labute approximate surface area is 204 Å². The van der Waals surface area contributed by atoms with Crippen LogP contribution >= 0.6 is 46.4 Å². The van der Waals surface area contributed by atoms with Crippen molar-refractivity contribution in [1.29, 1.82) is 0 Å². The molecule has 0 saturated heterocycles. The average molecular weight is 533 g/mol. The maximum atomic E-state index is 12.7. The highest BCUT2D eigenvalue weighted by atomic mass is 35.5. The minimum Gasteiger partial charge on any atom is -0.454 e. The molecular weight excluding hydrogens is 520 g/mol. The van der Waals surface area contributed by atoms with Crippen molar-refractivity contribution in [1.82, 2.24) is 0 Å². The average Bonchev–Trinajstić information content (AvgIpc) is 2.76. The van der Waals surface area contributed by atoms with Crippen molar-refractivity contribution in [2.75, 3.05) is 11.3 Å². The molecule has 0 radical (unpaired) electrons. The zero-order chi connectivity index (χ0) is 23.5. The van der Waals surface area contributed by atoms with Crippen LogP contribution < -0.4 is 4.72 Å². The van der Waals surface area contributed by atoms with Crippen LogP contribution in [-0.4, -0.2) is 26.8 Å². The fourth-order valence-corrected chi connectivity index (χ4v) is 4.48. The molecule has 3 rings (SSSR count). The van der Waals surface area contributed by atoms with Gasteiger partial charge in [0.15, 0.2) is 6.61 Å². The third kappa shape index (κ3) is 5.94. The normalized spacial score (nSPS) is 11.1. The molecule has 0 bridgehead atoms. The van der Waals surface area contributed by atoms with Gasteiger partial charge in [-0.05, 0) is 54.6 Å². The number of carbonyl (C=O) groups is 2. The van der Waals surface area contributed by atoms with Gasteiger partial charge in [0.2, 0.25) is 5.78 Å². The van der Waals surface area contributed by atoms with Crippen LogP contribution in [0.2, 0.25) is 20.1 Å². The summed E-state index contributed by atoms with van der Waals surface area (Å²) in [4.78, 5) is 24.5. The molecule has 0 aliphatic heterocycles. The molecule has 0 amide bonds. The Balaban J connectivity index is 1.74. The summed E-state index contributed by atoms with van der Waals surface area (Å²) >= 11 is 23.7. The lowest BCUT2D eigenvalue weighted by Gasteiger charge is -2.11. The summed E-state index contributed by atoms with van der Waals surface area (Å²) in [6, 6.07) is 13.7. The van der Waals surface area contributed by atoms with Crippen LogP contribution in [0, 0.1) is 0 Å². The first-order valence-corrected chi connectivity index (χ1v) is 11.8. The number of hydrogen-bond donors (Lipinski definition) is 1. The predicted octanol–water partition coefficient (Wildman–Crippen LogP) is 6.14. The first kappa shape index (κ1) is 24.4. The molecule has 0 unspecified atom stereocenters. The molecule has 0 saturated carbocycles. The third-order valence-electron chi connectivity index (χ3n) is 4.12. The molecule has 166 valence electrons.